The van der Waals surface area contributed by atoms with Crippen molar-refractivity contribution in [2.45, 2.75) is 32.1 Å². The predicted molar refractivity (Wildman–Crippen MR) is 102 cm³/mol. The minimum atomic E-state index is -1.08. The summed E-state index contributed by atoms with van der Waals surface area (Å²) in [6, 6.07) is 4.73. The molecule has 0 spiro atoms. The van der Waals surface area contributed by atoms with Gasteiger partial charge in [0.1, 0.15) is 5.75 Å². The number of hydrogen-bond donors (Lipinski definition) is 0. The van der Waals surface area contributed by atoms with Crippen molar-refractivity contribution in [2.75, 3.05) is 19.9 Å². The highest BCUT2D eigenvalue weighted by Gasteiger charge is 2.15. The lowest BCUT2D eigenvalue weighted by atomic mass is 10.0. The molecule has 1 heterocycles. The molecule has 23 heavy (non-hydrogen) atoms. The van der Waals surface area contributed by atoms with Crippen molar-refractivity contribution < 1.29 is 9.47 Å². The Morgan fingerprint density at radius 2 is 1.91 bits per heavy atom. The second-order valence-corrected chi connectivity index (χ2v) is 13.2. The molecule has 0 N–H and O–H groups in total. The highest BCUT2D eigenvalue weighted by Crippen LogP contribution is 2.36. The van der Waals surface area contributed by atoms with Gasteiger partial charge < -0.3 is 9.47 Å². The summed E-state index contributed by atoms with van der Waals surface area (Å²) in [5, 5.41) is 1.01. The molecule has 0 fully saturated rings. The largest absolute Gasteiger partial charge is 0.467 e. The van der Waals surface area contributed by atoms with Gasteiger partial charge in [0.2, 0.25) is 0 Å². The smallest absolute Gasteiger partial charge is 0.189 e. The zero-order chi connectivity index (χ0) is 16.9. The van der Waals surface area contributed by atoms with Crippen molar-refractivity contribution in [3.63, 3.8) is 0 Å². The molecule has 6 heteroatoms. The lowest BCUT2D eigenvalue weighted by molar-refractivity contribution is 0.0219. The number of rotatable bonds is 7. The van der Waals surface area contributed by atoms with Gasteiger partial charge in [-0.2, -0.15) is 0 Å². The van der Waals surface area contributed by atoms with Crippen LogP contribution in [0.5, 0.6) is 5.75 Å². The number of allylic oxidation sites excluding steroid dienone is 1. The third-order valence-corrected chi connectivity index (χ3v) is 5.98. The fourth-order valence-electron chi connectivity index (χ4n) is 2.15. The van der Waals surface area contributed by atoms with Crippen LogP contribution in [0.4, 0.5) is 0 Å². The van der Waals surface area contributed by atoms with Crippen molar-refractivity contribution in [2.24, 2.45) is 4.99 Å². The summed E-state index contributed by atoms with van der Waals surface area (Å²) in [6.45, 7) is 8.69. The predicted octanol–water partition coefficient (Wildman–Crippen LogP) is 5.54. The van der Waals surface area contributed by atoms with Crippen LogP contribution >= 0.6 is 23.2 Å². The molecule has 0 aliphatic carbocycles. The summed E-state index contributed by atoms with van der Waals surface area (Å²) in [4.78, 5) is 4.21. The molecule has 0 saturated heterocycles. The van der Waals surface area contributed by atoms with Gasteiger partial charge in [-0.25, -0.2) is 0 Å². The average Bonchev–Trinajstić information content (AvgIpc) is 2.50. The van der Waals surface area contributed by atoms with E-state index in [-0.39, 0.29) is 6.79 Å². The molecule has 1 aliphatic heterocycles. The van der Waals surface area contributed by atoms with Crippen LogP contribution in [-0.4, -0.2) is 34.2 Å². The summed E-state index contributed by atoms with van der Waals surface area (Å²) >= 11 is 12.3. The maximum atomic E-state index is 6.16. The van der Waals surface area contributed by atoms with E-state index >= 15 is 0 Å². The number of halogens is 2. The van der Waals surface area contributed by atoms with Gasteiger partial charge >= 0.3 is 0 Å². The van der Waals surface area contributed by atoms with Gasteiger partial charge in [-0.05, 0) is 30.2 Å². The van der Waals surface area contributed by atoms with Crippen molar-refractivity contribution in [3.8, 4) is 5.75 Å². The van der Waals surface area contributed by atoms with E-state index in [9.17, 15) is 0 Å². The topological polar surface area (TPSA) is 30.8 Å². The van der Waals surface area contributed by atoms with E-state index in [1.807, 2.05) is 18.4 Å². The highest BCUT2D eigenvalue weighted by atomic mass is 35.5. The van der Waals surface area contributed by atoms with Crippen LogP contribution in [-0.2, 0) is 4.74 Å². The molecule has 126 valence electrons. The number of aliphatic imine (C=N–C) groups is 1. The average molecular weight is 372 g/mol. The van der Waals surface area contributed by atoms with Crippen LogP contribution in [0.2, 0.25) is 35.7 Å². The number of benzene rings is 1. The maximum Gasteiger partial charge on any atom is 0.189 e. The minimum absolute atomic E-state index is 0.219. The van der Waals surface area contributed by atoms with Crippen LogP contribution in [0, 0.1) is 0 Å². The van der Waals surface area contributed by atoms with Gasteiger partial charge in [0.05, 0.1) is 10.0 Å². The highest BCUT2D eigenvalue weighted by molar-refractivity contribution is 6.76. The van der Waals surface area contributed by atoms with E-state index in [0.29, 0.717) is 15.8 Å². The van der Waals surface area contributed by atoms with Crippen LogP contribution in [0.1, 0.15) is 12.0 Å². The zero-order valence-electron chi connectivity index (χ0n) is 13.9. The fourth-order valence-corrected chi connectivity index (χ4v) is 3.23. The van der Waals surface area contributed by atoms with Gasteiger partial charge in [0, 0.05) is 39.1 Å². The molecule has 1 aromatic carbocycles. The molecular weight excluding hydrogens is 349 g/mol. The van der Waals surface area contributed by atoms with E-state index in [2.05, 4.69) is 24.6 Å². The summed E-state index contributed by atoms with van der Waals surface area (Å²) in [7, 11) is -1.08. The summed E-state index contributed by atoms with van der Waals surface area (Å²) in [5.41, 5.74) is 2.11. The first-order valence-corrected chi connectivity index (χ1v) is 12.2. The molecule has 0 saturated carbocycles. The Hall–Kier alpha value is -0.813. The molecular formula is C17H23Cl2NO2Si. The monoisotopic (exact) mass is 371 g/mol. The Morgan fingerprint density at radius 3 is 2.57 bits per heavy atom. The molecule has 1 aliphatic rings. The fraction of sp³-hybridized carbons (Fsp3) is 0.471. The SMILES string of the molecule is C[Si](C)(C)CCOCOc1cc(Cl)c(Cl)cc1C1=CC=NCC1. The third kappa shape index (κ3) is 5.96. The Bertz CT molecular complexity index is 609. The van der Waals surface area contributed by atoms with Crippen LogP contribution in [0.15, 0.2) is 23.2 Å². The van der Waals surface area contributed by atoms with Crippen molar-refractivity contribution in [1.29, 1.82) is 0 Å². The molecule has 1 aromatic rings. The molecule has 0 radical (unpaired) electrons. The molecule has 0 aromatic heterocycles. The molecule has 0 amide bonds. The van der Waals surface area contributed by atoms with E-state index in [1.54, 1.807) is 6.07 Å². The van der Waals surface area contributed by atoms with Gasteiger partial charge in [-0.3, -0.25) is 4.99 Å². The molecule has 3 nitrogen and oxygen atoms in total. The number of dihydropyridines is 1. The lowest BCUT2D eigenvalue weighted by Gasteiger charge is -2.18. The van der Waals surface area contributed by atoms with Crippen molar-refractivity contribution in [3.05, 3.63) is 33.8 Å². The number of nitrogens with zero attached hydrogens (tertiary/aromatic N) is 1. The Morgan fingerprint density at radius 1 is 1.17 bits per heavy atom. The quantitative estimate of drug-likeness (QED) is 0.357. The van der Waals surface area contributed by atoms with E-state index in [4.69, 9.17) is 32.7 Å². The second kappa shape index (κ2) is 8.33. The molecule has 0 bridgehead atoms. The lowest BCUT2D eigenvalue weighted by Crippen LogP contribution is -2.22. The third-order valence-electron chi connectivity index (χ3n) is 3.55. The first-order valence-electron chi connectivity index (χ1n) is 7.76. The van der Waals surface area contributed by atoms with Crippen molar-refractivity contribution >= 4 is 43.1 Å². The summed E-state index contributed by atoms with van der Waals surface area (Å²) in [6.07, 6.45) is 4.67. The Balaban J connectivity index is 2.04. The standard InChI is InChI=1S/C17H23Cl2NO2Si/c1-23(2,3)9-8-21-12-22-17-11-16(19)15(18)10-14(17)13-4-6-20-7-5-13/h4,6,10-11H,5,7-9,12H2,1-3H3. The van der Waals surface area contributed by atoms with Crippen molar-refractivity contribution in [1.82, 2.24) is 0 Å². The van der Waals surface area contributed by atoms with Crippen LogP contribution in [0.25, 0.3) is 5.57 Å². The maximum absolute atomic E-state index is 6.16. The van der Waals surface area contributed by atoms with Gasteiger partial charge in [0.15, 0.2) is 6.79 Å². The first-order chi connectivity index (χ1) is 10.9. The summed E-state index contributed by atoms with van der Waals surface area (Å²) in [5.74, 6) is 0.703. The second-order valence-electron chi connectivity index (χ2n) is 6.74. The minimum Gasteiger partial charge on any atom is -0.467 e. The molecule has 2 rings (SSSR count). The molecule has 0 unspecified atom stereocenters. The Labute approximate surface area is 149 Å². The first kappa shape index (κ1) is 18.5. The summed E-state index contributed by atoms with van der Waals surface area (Å²) < 4.78 is 11.4. The van der Waals surface area contributed by atoms with E-state index < -0.39 is 8.07 Å². The van der Waals surface area contributed by atoms with Crippen LogP contribution in [0.3, 0.4) is 0 Å². The van der Waals surface area contributed by atoms with Gasteiger partial charge in [-0.15, -0.1) is 0 Å². The number of hydrogen-bond acceptors (Lipinski definition) is 3. The normalized spacial score (nSPS) is 14.7. The Kier molecular flexibility index (Phi) is 6.71. The number of ether oxygens (including phenoxy) is 2. The van der Waals surface area contributed by atoms with E-state index in [1.165, 1.54) is 0 Å². The molecule has 0 atom stereocenters. The van der Waals surface area contributed by atoms with Gasteiger partial charge in [-0.1, -0.05) is 42.8 Å². The van der Waals surface area contributed by atoms with Crippen LogP contribution < -0.4 is 4.74 Å². The zero-order valence-corrected chi connectivity index (χ0v) is 16.4. The van der Waals surface area contributed by atoms with E-state index in [0.717, 1.165) is 36.8 Å². The van der Waals surface area contributed by atoms with Gasteiger partial charge in [0.25, 0.3) is 0 Å².